The minimum atomic E-state index is -1.82. The summed E-state index contributed by atoms with van der Waals surface area (Å²) in [7, 11) is 0. The van der Waals surface area contributed by atoms with E-state index >= 15 is 0 Å². The SMILES string of the molecule is NCCCNC[C@H]1O[C@H](O[C@H]2[C@H](O)[C@@H](O[C@H]3O[C@H](CO)[C@@H](O)[C@H](N)[C@H]3O)[C@H](NC(=O)C3(O)CC3N)C[C@@H]2N)[C@H](N)[C@@H](O)[C@@H]1O. The van der Waals surface area contributed by atoms with Gasteiger partial charge in [-0.1, -0.05) is 0 Å². The van der Waals surface area contributed by atoms with Crippen molar-refractivity contribution >= 4 is 5.91 Å². The second-order valence-electron chi connectivity index (χ2n) is 12.1. The molecule has 0 radical (unpaired) electrons. The van der Waals surface area contributed by atoms with Crippen LogP contribution in [0.15, 0.2) is 0 Å². The molecule has 4 aliphatic rings. The molecule has 19 N–H and O–H groups in total. The first-order valence-corrected chi connectivity index (χ1v) is 14.8. The fraction of sp³-hybridized carbons (Fsp3) is 0.960. The van der Waals surface area contributed by atoms with E-state index in [0.29, 0.717) is 19.5 Å². The number of rotatable bonds is 12. The number of hydrogen-bond donors (Lipinski definition) is 14. The van der Waals surface area contributed by atoms with Gasteiger partial charge in [-0.25, -0.2) is 0 Å². The lowest BCUT2D eigenvalue weighted by Crippen LogP contribution is -2.70. The molecule has 4 fully saturated rings. The third-order valence-electron chi connectivity index (χ3n) is 8.88. The predicted octanol–water partition coefficient (Wildman–Crippen LogP) is -8.73. The Labute approximate surface area is 253 Å². The van der Waals surface area contributed by atoms with Crippen LogP contribution in [0.3, 0.4) is 0 Å². The number of aliphatic hydroxyl groups excluding tert-OH is 6. The molecule has 19 heteroatoms. The Kier molecular flexibility index (Phi) is 11.9. The van der Waals surface area contributed by atoms with Gasteiger partial charge in [0.1, 0.15) is 54.9 Å². The molecule has 2 saturated heterocycles. The first-order valence-electron chi connectivity index (χ1n) is 14.8. The summed E-state index contributed by atoms with van der Waals surface area (Å²) >= 11 is 0. The molecule has 0 aromatic rings. The van der Waals surface area contributed by atoms with E-state index in [0.717, 1.165) is 0 Å². The van der Waals surface area contributed by atoms with E-state index in [1.165, 1.54) is 0 Å². The zero-order valence-corrected chi connectivity index (χ0v) is 24.2. The molecule has 44 heavy (non-hydrogen) atoms. The first-order chi connectivity index (χ1) is 20.7. The molecule has 2 aliphatic heterocycles. The number of carbonyl (C=O) groups is 1. The Morgan fingerprint density at radius 3 is 2.11 bits per heavy atom. The van der Waals surface area contributed by atoms with Gasteiger partial charge in [0.15, 0.2) is 18.2 Å². The van der Waals surface area contributed by atoms with Crippen molar-refractivity contribution in [2.24, 2.45) is 28.7 Å². The van der Waals surface area contributed by atoms with Gasteiger partial charge in [0.2, 0.25) is 0 Å². The summed E-state index contributed by atoms with van der Waals surface area (Å²) in [6.07, 6.45) is -14.8. The van der Waals surface area contributed by atoms with E-state index in [-0.39, 0.29) is 19.4 Å². The van der Waals surface area contributed by atoms with Crippen molar-refractivity contribution in [1.29, 1.82) is 0 Å². The molecule has 2 aliphatic carbocycles. The zero-order valence-electron chi connectivity index (χ0n) is 24.2. The molecule has 19 nitrogen and oxygen atoms in total. The van der Waals surface area contributed by atoms with E-state index in [2.05, 4.69) is 10.6 Å². The number of nitrogens with one attached hydrogen (secondary N) is 2. The molecule has 0 aromatic carbocycles. The molecule has 2 saturated carbocycles. The van der Waals surface area contributed by atoms with Gasteiger partial charge in [0.05, 0.1) is 24.7 Å². The third kappa shape index (κ3) is 7.34. The van der Waals surface area contributed by atoms with Crippen LogP contribution in [0.4, 0.5) is 0 Å². The third-order valence-corrected chi connectivity index (χ3v) is 8.88. The molecule has 0 aromatic heterocycles. The van der Waals surface area contributed by atoms with Crippen molar-refractivity contribution < 1.29 is 59.5 Å². The summed E-state index contributed by atoms with van der Waals surface area (Å²) in [5, 5.41) is 79.3. The second kappa shape index (κ2) is 14.7. The van der Waals surface area contributed by atoms with Crippen LogP contribution < -0.4 is 39.3 Å². The Morgan fingerprint density at radius 1 is 0.864 bits per heavy atom. The largest absolute Gasteiger partial charge is 0.394 e. The van der Waals surface area contributed by atoms with Gasteiger partial charge < -0.3 is 94.0 Å². The normalized spacial score (nSPS) is 49.5. The molecule has 1 amide bonds. The molecule has 0 bridgehead atoms. The molecule has 256 valence electrons. The van der Waals surface area contributed by atoms with Gasteiger partial charge in [-0.05, 0) is 25.9 Å². The summed E-state index contributed by atoms with van der Waals surface area (Å²) in [6, 6.07) is -5.41. The van der Waals surface area contributed by atoms with E-state index < -0.39 is 116 Å². The first kappa shape index (κ1) is 35.6. The van der Waals surface area contributed by atoms with Gasteiger partial charge in [0, 0.05) is 25.0 Å². The summed E-state index contributed by atoms with van der Waals surface area (Å²) in [5.41, 5.74) is 27.8. The maximum atomic E-state index is 12.9. The van der Waals surface area contributed by atoms with E-state index in [1.807, 2.05) is 0 Å². The van der Waals surface area contributed by atoms with Crippen LogP contribution >= 0.6 is 0 Å². The summed E-state index contributed by atoms with van der Waals surface area (Å²) in [6.45, 7) is 0.445. The van der Waals surface area contributed by atoms with Crippen molar-refractivity contribution in [1.82, 2.24) is 10.6 Å². The van der Waals surface area contributed by atoms with Crippen molar-refractivity contribution in [2.75, 3.05) is 26.2 Å². The highest BCUT2D eigenvalue weighted by atomic mass is 16.7. The molecule has 17 atom stereocenters. The summed E-state index contributed by atoms with van der Waals surface area (Å²) in [4.78, 5) is 12.9. The number of hydrogen-bond acceptors (Lipinski definition) is 18. The fourth-order valence-electron chi connectivity index (χ4n) is 5.82. The van der Waals surface area contributed by atoms with Crippen LogP contribution in [0.1, 0.15) is 19.3 Å². The van der Waals surface area contributed by atoms with Crippen molar-refractivity contribution in [3.63, 3.8) is 0 Å². The van der Waals surface area contributed by atoms with Crippen LogP contribution in [0.5, 0.6) is 0 Å². The number of ether oxygens (including phenoxy) is 4. The highest BCUT2D eigenvalue weighted by Crippen LogP contribution is 2.36. The van der Waals surface area contributed by atoms with E-state index in [9.17, 15) is 40.5 Å². The van der Waals surface area contributed by atoms with Gasteiger partial charge >= 0.3 is 0 Å². The molecule has 2 unspecified atom stereocenters. The Morgan fingerprint density at radius 2 is 1.50 bits per heavy atom. The van der Waals surface area contributed by atoms with Gasteiger partial charge in [0.25, 0.3) is 5.91 Å². The molecule has 2 heterocycles. The van der Waals surface area contributed by atoms with Crippen LogP contribution in [0.2, 0.25) is 0 Å². The maximum Gasteiger partial charge on any atom is 0.253 e. The van der Waals surface area contributed by atoms with E-state index in [4.69, 9.17) is 47.6 Å². The zero-order chi connectivity index (χ0) is 32.5. The quantitative estimate of drug-likeness (QED) is 0.0881. The Hall–Kier alpha value is -1.21. The van der Waals surface area contributed by atoms with Crippen LogP contribution in [0.25, 0.3) is 0 Å². The standard InChI is InChI=1S/C25H49N7O12/c26-2-1-3-31-6-10-16(35)17(36)14(30)22(41-10)43-20-8(27)4-9(32-24(39)25(40)5-12(25)28)21(19(20)38)44-23-18(37)13(29)15(34)11(7-33)42-23/h8-23,31,33-38,40H,1-7,26-30H2,(H,32,39)/t8-,9+,10+,11+,12?,13-,14+,15+,16+,17+,18+,19-,20+,21-,22+,23+,25?/m0/s1. The molecular weight excluding hydrogens is 590 g/mol. The molecule has 0 spiro atoms. The van der Waals surface area contributed by atoms with Crippen molar-refractivity contribution in [2.45, 2.75) is 123 Å². The van der Waals surface area contributed by atoms with Gasteiger partial charge in [-0.3, -0.25) is 4.79 Å². The highest BCUT2D eigenvalue weighted by Gasteiger charge is 2.59. The smallest absolute Gasteiger partial charge is 0.253 e. The number of amides is 1. The Bertz CT molecular complexity index is 959. The summed E-state index contributed by atoms with van der Waals surface area (Å²) < 4.78 is 23.3. The number of nitrogens with two attached hydrogens (primary N) is 5. The lowest BCUT2D eigenvalue weighted by molar-refractivity contribution is -0.320. The topological polar surface area (TPSA) is 350 Å². The lowest BCUT2D eigenvalue weighted by atomic mass is 9.83. The Balaban J connectivity index is 1.53. The van der Waals surface area contributed by atoms with Crippen LogP contribution in [-0.4, -0.2) is 171 Å². The average Bonchev–Trinajstić information content (AvgIpc) is 3.62. The fourth-order valence-corrected chi connectivity index (χ4v) is 5.82. The maximum absolute atomic E-state index is 12.9. The molecular formula is C25H49N7O12. The van der Waals surface area contributed by atoms with Crippen molar-refractivity contribution in [3.05, 3.63) is 0 Å². The molecule has 4 rings (SSSR count). The average molecular weight is 640 g/mol. The van der Waals surface area contributed by atoms with Crippen LogP contribution in [0, 0.1) is 0 Å². The number of aliphatic hydroxyl groups is 7. The monoisotopic (exact) mass is 639 g/mol. The minimum absolute atomic E-state index is 0.0140. The van der Waals surface area contributed by atoms with E-state index in [1.54, 1.807) is 0 Å². The highest BCUT2D eigenvalue weighted by molar-refractivity contribution is 5.89. The predicted molar refractivity (Wildman–Crippen MR) is 149 cm³/mol. The second-order valence-corrected chi connectivity index (χ2v) is 12.1. The lowest BCUT2D eigenvalue weighted by Gasteiger charge is -2.49. The number of carbonyl (C=O) groups excluding carboxylic acids is 1. The summed E-state index contributed by atoms with van der Waals surface area (Å²) in [5.74, 6) is -0.826. The van der Waals surface area contributed by atoms with Gasteiger partial charge in [-0.15, -0.1) is 0 Å². The van der Waals surface area contributed by atoms with Crippen LogP contribution in [-0.2, 0) is 23.7 Å². The minimum Gasteiger partial charge on any atom is -0.394 e. The van der Waals surface area contributed by atoms with Crippen molar-refractivity contribution in [3.8, 4) is 0 Å². The van der Waals surface area contributed by atoms with Gasteiger partial charge in [-0.2, -0.15) is 0 Å².